The molecule has 1 heterocycles. The predicted molar refractivity (Wildman–Crippen MR) is 106 cm³/mol. The number of nitrogens with two attached hydrogens (primary N) is 1. The maximum absolute atomic E-state index is 12.7. The third-order valence-electron chi connectivity index (χ3n) is 4.30. The first-order valence-electron chi connectivity index (χ1n) is 8.40. The molecule has 1 aromatic heterocycles. The van der Waals surface area contributed by atoms with Gasteiger partial charge in [0.15, 0.2) is 11.6 Å². The van der Waals surface area contributed by atoms with Crippen LogP contribution >= 0.6 is 11.8 Å². The highest BCUT2D eigenvalue weighted by molar-refractivity contribution is 7.99. The van der Waals surface area contributed by atoms with Crippen LogP contribution in [0.5, 0.6) is 0 Å². The lowest BCUT2D eigenvalue weighted by atomic mass is 9.84. The molecule has 0 saturated carbocycles. The van der Waals surface area contributed by atoms with E-state index in [0.717, 1.165) is 22.6 Å². The molecule has 9 nitrogen and oxygen atoms in total. The lowest BCUT2D eigenvalue weighted by Crippen LogP contribution is -2.30. The summed E-state index contributed by atoms with van der Waals surface area (Å²) in [6.45, 7) is 0. The minimum atomic E-state index is -0.541. The molecule has 0 atom stereocenters. The molecule has 0 fully saturated rings. The minimum Gasteiger partial charge on any atom is -0.334 e. The highest BCUT2D eigenvalue weighted by Crippen LogP contribution is 2.29. The number of carbonyl (C=O) groups excluding carboxylic acids is 3. The number of benzene rings is 2. The van der Waals surface area contributed by atoms with Gasteiger partial charge < -0.3 is 11.2 Å². The molecule has 29 heavy (non-hydrogen) atoms. The number of hydrogen-bond donors (Lipinski definition) is 2. The van der Waals surface area contributed by atoms with Crippen molar-refractivity contribution >= 4 is 34.9 Å². The number of hydrogen-bond acceptors (Lipinski definition) is 8. The zero-order chi connectivity index (χ0) is 20.5. The van der Waals surface area contributed by atoms with Gasteiger partial charge in [0.2, 0.25) is 11.1 Å². The van der Waals surface area contributed by atoms with Gasteiger partial charge in [0.1, 0.15) is 6.20 Å². The average Bonchev–Trinajstić information content (AvgIpc) is 2.73. The lowest BCUT2D eigenvalue weighted by Gasteiger charge is -2.18. The van der Waals surface area contributed by atoms with Gasteiger partial charge in [0.25, 0.3) is 5.56 Å². The summed E-state index contributed by atoms with van der Waals surface area (Å²) in [4.78, 5) is 49.0. The fourth-order valence-electron chi connectivity index (χ4n) is 2.94. The van der Waals surface area contributed by atoms with Crippen molar-refractivity contribution in [1.82, 2.24) is 14.9 Å². The zero-order valence-corrected chi connectivity index (χ0v) is 15.6. The van der Waals surface area contributed by atoms with Crippen LogP contribution in [0.2, 0.25) is 0 Å². The van der Waals surface area contributed by atoms with Gasteiger partial charge in [-0.1, -0.05) is 36.0 Å². The molecular weight excluding hydrogens is 394 g/mol. The van der Waals surface area contributed by atoms with Crippen LogP contribution in [0, 0.1) is 0 Å². The van der Waals surface area contributed by atoms with Gasteiger partial charge in [0.05, 0.1) is 5.75 Å². The van der Waals surface area contributed by atoms with E-state index in [4.69, 9.17) is 5.84 Å². The number of nitrogens with one attached hydrogen (secondary N) is 1. The van der Waals surface area contributed by atoms with E-state index in [0.29, 0.717) is 22.4 Å². The number of fused-ring (bicyclic) bond motifs is 2. The van der Waals surface area contributed by atoms with Crippen LogP contribution in [0.3, 0.4) is 0 Å². The second-order valence-electron chi connectivity index (χ2n) is 6.14. The Morgan fingerprint density at radius 2 is 1.66 bits per heavy atom. The summed E-state index contributed by atoms with van der Waals surface area (Å²) < 4.78 is 0.797. The van der Waals surface area contributed by atoms with Crippen LogP contribution in [0.4, 0.5) is 5.69 Å². The van der Waals surface area contributed by atoms with Gasteiger partial charge in [-0.2, -0.15) is 9.77 Å². The molecule has 10 heteroatoms. The number of aromatic nitrogens is 3. The van der Waals surface area contributed by atoms with E-state index in [1.165, 1.54) is 12.1 Å². The number of ketones is 2. The Morgan fingerprint density at radius 1 is 1.00 bits per heavy atom. The van der Waals surface area contributed by atoms with Gasteiger partial charge >= 0.3 is 0 Å². The van der Waals surface area contributed by atoms with Crippen molar-refractivity contribution in [3.63, 3.8) is 0 Å². The van der Waals surface area contributed by atoms with Gasteiger partial charge in [-0.25, -0.2) is 0 Å². The fourth-order valence-corrected chi connectivity index (χ4v) is 3.60. The Morgan fingerprint density at radius 3 is 2.38 bits per heavy atom. The molecule has 3 aromatic rings. The third-order valence-corrected chi connectivity index (χ3v) is 5.24. The summed E-state index contributed by atoms with van der Waals surface area (Å²) in [5, 5.41) is 9.96. The normalized spacial score (nSPS) is 12.3. The Balaban J connectivity index is 1.51. The van der Waals surface area contributed by atoms with E-state index in [1.54, 1.807) is 30.3 Å². The van der Waals surface area contributed by atoms with Gasteiger partial charge in [0, 0.05) is 27.9 Å². The fraction of sp³-hybridized carbons (Fsp3) is 0.0526. The smallest absolute Gasteiger partial charge is 0.291 e. The number of rotatable bonds is 4. The highest BCUT2D eigenvalue weighted by Gasteiger charge is 2.29. The summed E-state index contributed by atoms with van der Waals surface area (Å²) in [5.41, 5.74) is 1.08. The first-order valence-corrected chi connectivity index (χ1v) is 9.39. The molecular formula is C19H13N5O4S. The molecule has 4 rings (SSSR count). The van der Waals surface area contributed by atoms with Crippen molar-refractivity contribution < 1.29 is 14.4 Å². The molecule has 3 N–H and O–H groups in total. The van der Waals surface area contributed by atoms with Crippen molar-refractivity contribution in [2.75, 3.05) is 16.9 Å². The SMILES string of the molecule is Nn1c(SCC(=O)Nc2ccc3c(c2)C(=O)c2ccccc2C3=O)nncc1=O. The van der Waals surface area contributed by atoms with Crippen molar-refractivity contribution in [3.8, 4) is 0 Å². The summed E-state index contributed by atoms with van der Waals surface area (Å²) in [6.07, 6.45) is 0.966. The standard InChI is InChI=1S/C19H13N5O4S/c20-24-16(26)8-21-23-19(24)29-9-15(25)22-10-5-6-13-14(7-10)18(28)12-4-2-1-3-11(12)17(13)27/h1-8H,9,20H2,(H,22,25). The molecule has 1 aliphatic carbocycles. The third kappa shape index (κ3) is 3.41. The Hall–Kier alpha value is -3.79. The first-order chi connectivity index (χ1) is 14.0. The maximum atomic E-state index is 12.7. The molecule has 0 spiro atoms. The number of anilines is 1. The van der Waals surface area contributed by atoms with Crippen LogP contribution in [-0.2, 0) is 4.79 Å². The molecule has 0 aliphatic heterocycles. The van der Waals surface area contributed by atoms with Crippen molar-refractivity contribution in [3.05, 3.63) is 81.3 Å². The minimum absolute atomic E-state index is 0.0812. The van der Waals surface area contributed by atoms with Crippen molar-refractivity contribution in [1.29, 1.82) is 0 Å². The summed E-state index contributed by atoms with van der Waals surface area (Å²) in [5.74, 6) is 4.56. The number of carbonyl (C=O) groups is 3. The zero-order valence-electron chi connectivity index (χ0n) is 14.8. The topological polar surface area (TPSA) is 137 Å². The number of amides is 1. The number of nitrogens with zero attached hydrogens (tertiary/aromatic N) is 3. The van der Waals surface area contributed by atoms with Gasteiger partial charge in [-0.05, 0) is 18.2 Å². The van der Waals surface area contributed by atoms with Crippen LogP contribution in [0.15, 0.2) is 58.6 Å². The van der Waals surface area contributed by atoms with E-state index in [-0.39, 0.29) is 28.0 Å². The van der Waals surface area contributed by atoms with E-state index < -0.39 is 11.5 Å². The maximum Gasteiger partial charge on any atom is 0.291 e. The van der Waals surface area contributed by atoms with Crippen LogP contribution in [-0.4, -0.2) is 38.1 Å². The van der Waals surface area contributed by atoms with Crippen LogP contribution in [0.1, 0.15) is 31.8 Å². The highest BCUT2D eigenvalue weighted by atomic mass is 32.2. The average molecular weight is 407 g/mol. The monoisotopic (exact) mass is 407 g/mol. The summed E-state index contributed by atoms with van der Waals surface area (Å²) in [6, 6.07) is 11.2. The van der Waals surface area contributed by atoms with Crippen molar-refractivity contribution in [2.45, 2.75) is 5.16 Å². The molecule has 0 unspecified atom stereocenters. The largest absolute Gasteiger partial charge is 0.334 e. The Bertz CT molecular complexity index is 1240. The molecule has 2 aromatic carbocycles. The Kier molecular flexibility index (Phi) is 4.69. The van der Waals surface area contributed by atoms with Gasteiger partial charge in [-0.15, -0.1) is 5.10 Å². The van der Waals surface area contributed by atoms with E-state index in [9.17, 15) is 19.2 Å². The Labute approximate surface area is 167 Å². The quantitative estimate of drug-likeness (QED) is 0.375. The number of nitrogen functional groups attached to an aromatic ring is 1. The predicted octanol–water partition coefficient (Wildman–Crippen LogP) is 0.858. The molecule has 1 amide bonds. The molecule has 0 radical (unpaired) electrons. The van der Waals surface area contributed by atoms with E-state index >= 15 is 0 Å². The van der Waals surface area contributed by atoms with E-state index in [1.807, 2.05) is 0 Å². The molecule has 0 saturated heterocycles. The summed E-state index contributed by atoms with van der Waals surface area (Å²) >= 11 is 0.940. The van der Waals surface area contributed by atoms with Gasteiger partial charge in [-0.3, -0.25) is 19.2 Å². The second-order valence-corrected chi connectivity index (χ2v) is 7.08. The second kappa shape index (κ2) is 7.32. The lowest BCUT2D eigenvalue weighted by molar-refractivity contribution is -0.113. The molecule has 1 aliphatic rings. The van der Waals surface area contributed by atoms with Crippen LogP contribution in [0.25, 0.3) is 0 Å². The molecule has 144 valence electrons. The molecule has 0 bridgehead atoms. The number of thioether (sulfide) groups is 1. The van der Waals surface area contributed by atoms with Crippen molar-refractivity contribution in [2.24, 2.45) is 0 Å². The van der Waals surface area contributed by atoms with E-state index in [2.05, 4.69) is 15.5 Å². The van der Waals surface area contributed by atoms with Crippen LogP contribution < -0.4 is 16.7 Å². The summed E-state index contributed by atoms with van der Waals surface area (Å²) in [7, 11) is 0. The first kappa shape index (κ1) is 18.6.